The molecule has 134 valence electrons. The third-order valence-electron chi connectivity index (χ3n) is 5.11. The highest BCUT2D eigenvalue weighted by Gasteiger charge is 2.45. The van der Waals surface area contributed by atoms with E-state index in [-0.39, 0.29) is 0 Å². The average molecular weight is 353 g/mol. The van der Waals surface area contributed by atoms with Crippen molar-refractivity contribution in [3.8, 4) is 0 Å². The van der Waals surface area contributed by atoms with Crippen LogP contribution in [0.2, 0.25) is 0 Å². The van der Waals surface area contributed by atoms with E-state index >= 15 is 0 Å². The quantitative estimate of drug-likeness (QED) is 0.746. The molecule has 0 unspecified atom stereocenters. The first-order valence-corrected chi connectivity index (χ1v) is 9.10. The lowest BCUT2D eigenvalue weighted by molar-refractivity contribution is 0.466. The van der Waals surface area contributed by atoms with Gasteiger partial charge in [0.25, 0.3) is 0 Å². The molecule has 2 N–H and O–H groups in total. The number of hydrogen-bond donors (Lipinski definition) is 1. The van der Waals surface area contributed by atoms with Crippen LogP contribution < -0.4 is 5.73 Å². The van der Waals surface area contributed by atoms with Crippen molar-refractivity contribution in [3.63, 3.8) is 0 Å². The number of nitrogens with zero attached hydrogens (tertiary/aromatic N) is 2. The van der Waals surface area contributed by atoms with Gasteiger partial charge in [0.15, 0.2) is 11.5 Å². The average Bonchev–Trinajstić information content (AvgIpc) is 2.95. The molecule has 0 atom stereocenters. The zero-order valence-electron chi connectivity index (χ0n) is 15.5. The summed E-state index contributed by atoms with van der Waals surface area (Å²) in [5, 5.41) is 0. The Morgan fingerprint density at radius 1 is 0.889 bits per heavy atom. The van der Waals surface area contributed by atoms with Crippen LogP contribution in [0.4, 0.5) is 0 Å². The van der Waals surface area contributed by atoms with Gasteiger partial charge in [-0.1, -0.05) is 97.1 Å². The molecular weight excluding hydrogens is 330 g/mol. The first-order valence-electron chi connectivity index (χ1n) is 9.10. The predicted molar refractivity (Wildman–Crippen MR) is 111 cm³/mol. The van der Waals surface area contributed by atoms with Gasteiger partial charge >= 0.3 is 0 Å². The molecule has 3 nitrogen and oxygen atoms in total. The molecule has 1 aliphatic heterocycles. The normalized spacial score (nSPS) is 15.7. The fourth-order valence-corrected chi connectivity index (χ4v) is 3.79. The van der Waals surface area contributed by atoms with Crippen molar-refractivity contribution in [2.45, 2.75) is 19.0 Å². The van der Waals surface area contributed by atoms with Crippen molar-refractivity contribution in [1.82, 2.24) is 4.90 Å². The molecule has 27 heavy (non-hydrogen) atoms. The van der Waals surface area contributed by atoms with E-state index in [1.165, 1.54) is 11.1 Å². The van der Waals surface area contributed by atoms with Gasteiger partial charge in [-0.15, -0.1) is 0 Å². The summed E-state index contributed by atoms with van der Waals surface area (Å²) in [7, 11) is 0. The van der Waals surface area contributed by atoms with E-state index in [1.54, 1.807) is 0 Å². The van der Waals surface area contributed by atoms with Crippen LogP contribution in [-0.4, -0.2) is 10.9 Å². The summed E-state index contributed by atoms with van der Waals surface area (Å²) in [6.07, 6.45) is 0. The first-order chi connectivity index (χ1) is 13.1. The maximum absolute atomic E-state index is 6.42. The van der Waals surface area contributed by atoms with Crippen LogP contribution in [-0.2, 0) is 12.1 Å². The Bertz CT molecular complexity index is 951. The molecule has 0 aliphatic carbocycles. The number of guanidine groups is 1. The molecule has 4 rings (SSSR count). The van der Waals surface area contributed by atoms with Gasteiger partial charge in [0.05, 0.1) is 12.2 Å². The molecule has 3 aromatic rings. The summed E-state index contributed by atoms with van der Waals surface area (Å²) in [5.74, 6) is 0.495. The minimum Gasteiger partial charge on any atom is -0.369 e. The summed E-state index contributed by atoms with van der Waals surface area (Å²) >= 11 is 0. The maximum atomic E-state index is 6.42. The van der Waals surface area contributed by atoms with Gasteiger partial charge in [0.2, 0.25) is 0 Å². The summed E-state index contributed by atoms with van der Waals surface area (Å²) in [6, 6.07) is 28.9. The van der Waals surface area contributed by atoms with Crippen LogP contribution in [0, 0.1) is 6.92 Å². The monoisotopic (exact) mass is 353 g/mol. The van der Waals surface area contributed by atoms with Crippen LogP contribution in [0.1, 0.15) is 22.3 Å². The number of aliphatic imine (C=N–C) groups is 1. The Morgan fingerprint density at radius 2 is 1.48 bits per heavy atom. The highest BCUT2D eigenvalue weighted by Crippen LogP contribution is 2.45. The molecule has 0 spiro atoms. The lowest BCUT2D eigenvalue weighted by atomic mass is 9.81. The van der Waals surface area contributed by atoms with Crippen molar-refractivity contribution < 1.29 is 0 Å². The largest absolute Gasteiger partial charge is 0.369 e. The zero-order chi connectivity index (χ0) is 18.9. The molecule has 0 saturated carbocycles. The van der Waals surface area contributed by atoms with Crippen molar-refractivity contribution in [2.24, 2.45) is 10.7 Å². The van der Waals surface area contributed by atoms with E-state index in [0.29, 0.717) is 12.5 Å². The van der Waals surface area contributed by atoms with Gasteiger partial charge in [-0.05, 0) is 23.6 Å². The van der Waals surface area contributed by atoms with Crippen LogP contribution in [0.5, 0.6) is 0 Å². The zero-order valence-corrected chi connectivity index (χ0v) is 15.5. The first kappa shape index (κ1) is 17.1. The number of aryl methyl sites for hydroxylation is 1. The molecule has 0 radical (unpaired) electrons. The Hall–Kier alpha value is -3.33. The lowest BCUT2D eigenvalue weighted by Crippen LogP contribution is -2.34. The van der Waals surface area contributed by atoms with E-state index in [0.717, 1.165) is 16.8 Å². The minimum absolute atomic E-state index is 0.495. The molecule has 0 aromatic heterocycles. The number of hydrogen-bond acceptors (Lipinski definition) is 3. The van der Waals surface area contributed by atoms with Gasteiger partial charge in [-0.2, -0.15) is 0 Å². The predicted octanol–water partition coefficient (Wildman–Crippen LogP) is 4.58. The summed E-state index contributed by atoms with van der Waals surface area (Å²) in [5.41, 5.74) is 11.1. The SMILES string of the molecule is C=C1N(Cc2cccc(C)c2)C(N)=NC1(c1ccccc1)c1ccccc1. The molecule has 3 aromatic carbocycles. The Balaban J connectivity index is 1.81. The fraction of sp³-hybridized carbons (Fsp3) is 0.125. The maximum Gasteiger partial charge on any atom is 0.197 e. The Morgan fingerprint density at radius 3 is 2.04 bits per heavy atom. The summed E-state index contributed by atoms with van der Waals surface area (Å²) in [6.45, 7) is 7.19. The fourth-order valence-electron chi connectivity index (χ4n) is 3.79. The Kier molecular flexibility index (Phi) is 4.28. The number of rotatable bonds is 4. The van der Waals surface area contributed by atoms with Crippen molar-refractivity contribution >= 4 is 5.96 Å². The standard InChI is InChI=1S/C24H23N3/c1-18-10-9-11-20(16-18)17-27-19(2)24(26-23(27)25,21-12-5-3-6-13-21)22-14-7-4-8-15-22/h3-16H,2,17H2,1H3,(H2,25,26). The molecular formula is C24H23N3. The number of benzene rings is 3. The van der Waals surface area contributed by atoms with Crippen LogP contribution in [0.15, 0.2) is 102 Å². The third-order valence-corrected chi connectivity index (χ3v) is 5.11. The van der Waals surface area contributed by atoms with E-state index in [9.17, 15) is 0 Å². The summed E-state index contributed by atoms with van der Waals surface area (Å²) < 4.78 is 0. The van der Waals surface area contributed by atoms with Crippen LogP contribution >= 0.6 is 0 Å². The van der Waals surface area contributed by atoms with Crippen LogP contribution in [0.25, 0.3) is 0 Å². The minimum atomic E-state index is -0.698. The van der Waals surface area contributed by atoms with E-state index in [4.69, 9.17) is 10.7 Å². The van der Waals surface area contributed by atoms with E-state index < -0.39 is 5.54 Å². The second kappa shape index (κ2) is 6.76. The van der Waals surface area contributed by atoms with Crippen molar-refractivity contribution in [1.29, 1.82) is 0 Å². The molecule has 0 fully saturated rings. The van der Waals surface area contributed by atoms with E-state index in [1.807, 2.05) is 41.3 Å². The van der Waals surface area contributed by atoms with Gasteiger partial charge in [-0.25, -0.2) is 4.99 Å². The van der Waals surface area contributed by atoms with Crippen molar-refractivity contribution in [3.05, 3.63) is 119 Å². The summed E-state index contributed by atoms with van der Waals surface area (Å²) in [4.78, 5) is 6.98. The highest BCUT2D eigenvalue weighted by molar-refractivity contribution is 5.85. The van der Waals surface area contributed by atoms with Gasteiger partial charge in [0, 0.05) is 0 Å². The second-order valence-corrected chi connectivity index (χ2v) is 6.93. The topological polar surface area (TPSA) is 41.6 Å². The number of nitrogens with two attached hydrogens (primary N) is 1. The molecule has 0 amide bonds. The molecule has 0 bridgehead atoms. The molecule has 0 saturated heterocycles. The third kappa shape index (κ3) is 2.91. The molecule has 1 aliphatic rings. The second-order valence-electron chi connectivity index (χ2n) is 6.93. The van der Waals surface area contributed by atoms with E-state index in [2.05, 4.69) is 62.0 Å². The highest BCUT2D eigenvalue weighted by atomic mass is 15.3. The molecule has 1 heterocycles. The van der Waals surface area contributed by atoms with Crippen molar-refractivity contribution in [2.75, 3.05) is 0 Å². The van der Waals surface area contributed by atoms with Gasteiger partial charge in [-0.3, -0.25) is 0 Å². The van der Waals surface area contributed by atoms with Crippen LogP contribution in [0.3, 0.4) is 0 Å². The smallest absolute Gasteiger partial charge is 0.197 e. The lowest BCUT2D eigenvalue weighted by Gasteiger charge is -2.31. The molecule has 3 heteroatoms. The van der Waals surface area contributed by atoms with Gasteiger partial charge < -0.3 is 10.6 Å². The Labute approximate surface area is 160 Å². The van der Waals surface area contributed by atoms with Gasteiger partial charge in [0.1, 0.15) is 0 Å².